The SMILES string of the molecule is CCc1ccc(COc2cccc(Cl)c2C#N)cc1. The summed E-state index contributed by atoms with van der Waals surface area (Å²) in [6, 6.07) is 15.5. The molecule has 2 aromatic rings. The minimum atomic E-state index is 0.384. The summed E-state index contributed by atoms with van der Waals surface area (Å²) in [6.45, 7) is 2.55. The number of benzene rings is 2. The van der Waals surface area contributed by atoms with E-state index in [0.717, 1.165) is 12.0 Å². The van der Waals surface area contributed by atoms with E-state index in [0.29, 0.717) is 22.9 Å². The lowest BCUT2D eigenvalue weighted by Gasteiger charge is -2.09. The van der Waals surface area contributed by atoms with Crippen LogP contribution in [0.4, 0.5) is 0 Å². The minimum absolute atomic E-state index is 0.384. The van der Waals surface area contributed by atoms with Gasteiger partial charge in [0, 0.05) is 0 Å². The Kier molecular flexibility index (Phi) is 4.43. The van der Waals surface area contributed by atoms with Crippen molar-refractivity contribution in [2.75, 3.05) is 0 Å². The summed E-state index contributed by atoms with van der Waals surface area (Å²) in [5, 5.41) is 9.47. The fourth-order valence-electron chi connectivity index (χ4n) is 1.77. The summed E-state index contributed by atoms with van der Waals surface area (Å²) >= 11 is 5.95. The van der Waals surface area contributed by atoms with Gasteiger partial charge in [-0.25, -0.2) is 0 Å². The van der Waals surface area contributed by atoms with Crippen LogP contribution in [-0.2, 0) is 13.0 Å². The lowest BCUT2D eigenvalue weighted by Crippen LogP contribution is -1.97. The van der Waals surface area contributed by atoms with Crippen LogP contribution in [0.1, 0.15) is 23.6 Å². The van der Waals surface area contributed by atoms with E-state index in [9.17, 15) is 0 Å². The van der Waals surface area contributed by atoms with Gasteiger partial charge < -0.3 is 4.74 Å². The molecule has 0 fully saturated rings. The number of aryl methyl sites for hydroxylation is 1. The second-order valence-electron chi connectivity index (χ2n) is 4.18. The van der Waals surface area contributed by atoms with Gasteiger partial charge in [-0.3, -0.25) is 0 Å². The minimum Gasteiger partial charge on any atom is -0.487 e. The summed E-state index contributed by atoms with van der Waals surface area (Å²) in [5.74, 6) is 0.523. The molecule has 0 radical (unpaired) electrons. The quantitative estimate of drug-likeness (QED) is 0.828. The number of ether oxygens (including phenoxy) is 1. The van der Waals surface area contributed by atoms with Gasteiger partial charge in [0.05, 0.1) is 5.02 Å². The molecule has 0 atom stereocenters. The molecule has 0 heterocycles. The zero-order chi connectivity index (χ0) is 13.7. The molecule has 3 heteroatoms. The summed E-state index contributed by atoms with van der Waals surface area (Å²) in [6.07, 6.45) is 1.02. The van der Waals surface area contributed by atoms with Gasteiger partial charge in [0.25, 0.3) is 0 Å². The zero-order valence-electron chi connectivity index (χ0n) is 10.7. The first kappa shape index (κ1) is 13.5. The Balaban J connectivity index is 2.10. The summed E-state index contributed by atoms with van der Waals surface area (Å²) < 4.78 is 5.66. The van der Waals surface area contributed by atoms with Crippen LogP contribution in [0.2, 0.25) is 5.02 Å². The molecule has 0 aliphatic heterocycles. The monoisotopic (exact) mass is 271 g/mol. The third kappa shape index (κ3) is 3.27. The van der Waals surface area contributed by atoms with Gasteiger partial charge in [0.2, 0.25) is 0 Å². The van der Waals surface area contributed by atoms with Crippen LogP contribution < -0.4 is 4.74 Å². The molecule has 0 saturated carbocycles. The highest BCUT2D eigenvalue weighted by Crippen LogP contribution is 2.26. The molecule has 19 heavy (non-hydrogen) atoms. The molecule has 0 N–H and O–H groups in total. The molecular weight excluding hydrogens is 258 g/mol. The number of hydrogen-bond donors (Lipinski definition) is 0. The van der Waals surface area contributed by atoms with Gasteiger partial charge in [-0.15, -0.1) is 0 Å². The highest BCUT2D eigenvalue weighted by Gasteiger charge is 2.07. The highest BCUT2D eigenvalue weighted by molar-refractivity contribution is 6.31. The van der Waals surface area contributed by atoms with Crippen molar-refractivity contribution in [2.24, 2.45) is 0 Å². The van der Waals surface area contributed by atoms with Gasteiger partial charge in [-0.05, 0) is 29.7 Å². The average Bonchev–Trinajstić information content (AvgIpc) is 2.45. The molecule has 0 aliphatic rings. The molecule has 0 aliphatic carbocycles. The van der Waals surface area contributed by atoms with Crippen LogP contribution in [0.25, 0.3) is 0 Å². The predicted molar refractivity (Wildman–Crippen MR) is 76.3 cm³/mol. The largest absolute Gasteiger partial charge is 0.487 e. The van der Waals surface area contributed by atoms with Crippen LogP contribution in [0.5, 0.6) is 5.75 Å². The third-order valence-corrected chi connectivity index (χ3v) is 3.23. The van der Waals surface area contributed by atoms with Gasteiger partial charge in [0.1, 0.15) is 24.0 Å². The normalized spacial score (nSPS) is 9.95. The highest BCUT2D eigenvalue weighted by atomic mass is 35.5. The van der Waals surface area contributed by atoms with Crippen LogP contribution in [-0.4, -0.2) is 0 Å². The Morgan fingerprint density at radius 1 is 1.11 bits per heavy atom. The fourth-order valence-corrected chi connectivity index (χ4v) is 1.97. The fraction of sp³-hybridized carbons (Fsp3) is 0.188. The van der Waals surface area contributed by atoms with E-state index in [1.165, 1.54) is 5.56 Å². The number of nitrogens with zero attached hydrogens (tertiary/aromatic N) is 1. The Labute approximate surface area is 118 Å². The van der Waals surface area contributed by atoms with E-state index in [4.69, 9.17) is 21.6 Å². The maximum atomic E-state index is 9.05. The Bertz CT molecular complexity index is 599. The molecule has 2 nitrogen and oxygen atoms in total. The van der Waals surface area contributed by atoms with Crippen LogP contribution >= 0.6 is 11.6 Å². The van der Waals surface area contributed by atoms with Crippen molar-refractivity contribution in [2.45, 2.75) is 20.0 Å². The first-order chi connectivity index (χ1) is 9.24. The Hall–Kier alpha value is -1.98. The molecular formula is C16H14ClNO. The molecule has 0 amide bonds. The molecule has 0 unspecified atom stereocenters. The Morgan fingerprint density at radius 3 is 2.42 bits per heavy atom. The maximum absolute atomic E-state index is 9.05. The molecule has 2 aromatic carbocycles. The van der Waals surface area contributed by atoms with E-state index in [1.54, 1.807) is 18.2 Å². The van der Waals surface area contributed by atoms with Gasteiger partial charge in [0.15, 0.2) is 0 Å². The predicted octanol–water partition coefficient (Wildman–Crippen LogP) is 4.35. The summed E-state index contributed by atoms with van der Waals surface area (Å²) in [5.41, 5.74) is 2.75. The average molecular weight is 272 g/mol. The maximum Gasteiger partial charge on any atom is 0.139 e. The Morgan fingerprint density at radius 2 is 1.79 bits per heavy atom. The van der Waals surface area contributed by atoms with Gasteiger partial charge in [-0.1, -0.05) is 48.9 Å². The van der Waals surface area contributed by atoms with Crippen molar-refractivity contribution in [3.63, 3.8) is 0 Å². The van der Waals surface area contributed by atoms with E-state index < -0.39 is 0 Å². The van der Waals surface area contributed by atoms with Crippen molar-refractivity contribution < 1.29 is 4.74 Å². The lowest BCUT2D eigenvalue weighted by atomic mass is 10.1. The van der Waals surface area contributed by atoms with Crippen LogP contribution in [0, 0.1) is 11.3 Å². The smallest absolute Gasteiger partial charge is 0.139 e. The van der Waals surface area contributed by atoms with Gasteiger partial charge in [-0.2, -0.15) is 5.26 Å². The van der Waals surface area contributed by atoms with E-state index in [2.05, 4.69) is 25.1 Å². The lowest BCUT2D eigenvalue weighted by molar-refractivity contribution is 0.305. The second kappa shape index (κ2) is 6.26. The summed E-state index contributed by atoms with van der Waals surface area (Å²) in [7, 11) is 0. The van der Waals surface area contributed by atoms with Crippen molar-refractivity contribution >= 4 is 11.6 Å². The van der Waals surface area contributed by atoms with Crippen molar-refractivity contribution in [3.05, 3.63) is 64.2 Å². The van der Waals surface area contributed by atoms with Gasteiger partial charge >= 0.3 is 0 Å². The van der Waals surface area contributed by atoms with Crippen molar-refractivity contribution in [1.82, 2.24) is 0 Å². The zero-order valence-corrected chi connectivity index (χ0v) is 11.4. The van der Waals surface area contributed by atoms with E-state index >= 15 is 0 Å². The topological polar surface area (TPSA) is 33.0 Å². The molecule has 0 bridgehead atoms. The molecule has 0 saturated heterocycles. The number of halogens is 1. The third-order valence-electron chi connectivity index (χ3n) is 2.91. The number of rotatable bonds is 4. The van der Waals surface area contributed by atoms with Crippen molar-refractivity contribution in [1.29, 1.82) is 5.26 Å². The standard InChI is InChI=1S/C16H14ClNO/c1-2-12-6-8-13(9-7-12)11-19-16-5-3-4-15(17)14(16)10-18/h3-9H,2,11H2,1H3. The summed E-state index contributed by atoms with van der Waals surface area (Å²) in [4.78, 5) is 0. The van der Waals surface area contributed by atoms with Crippen molar-refractivity contribution in [3.8, 4) is 11.8 Å². The first-order valence-electron chi connectivity index (χ1n) is 6.13. The van der Waals surface area contributed by atoms with E-state index in [-0.39, 0.29) is 0 Å². The van der Waals surface area contributed by atoms with Crippen LogP contribution in [0.3, 0.4) is 0 Å². The second-order valence-corrected chi connectivity index (χ2v) is 4.59. The number of nitriles is 1. The molecule has 2 rings (SSSR count). The molecule has 0 aromatic heterocycles. The number of hydrogen-bond acceptors (Lipinski definition) is 2. The van der Waals surface area contributed by atoms with Crippen LogP contribution in [0.15, 0.2) is 42.5 Å². The molecule has 96 valence electrons. The first-order valence-corrected chi connectivity index (χ1v) is 6.51. The molecule has 0 spiro atoms. The van der Waals surface area contributed by atoms with E-state index in [1.807, 2.05) is 12.1 Å².